The Morgan fingerprint density at radius 1 is 1.46 bits per heavy atom. The average Bonchev–Trinajstić information content (AvgIpc) is 2.02. The zero-order valence-electron chi connectivity index (χ0n) is 8.12. The Labute approximate surface area is 78.4 Å². The Morgan fingerprint density at radius 2 is 2.15 bits per heavy atom. The predicted molar refractivity (Wildman–Crippen MR) is 53.1 cm³/mol. The quantitative estimate of drug-likeness (QED) is 0.710. The summed E-state index contributed by atoms with van der Waals surface area (Å²) in [5.74, 6) is 1.69. The number of anilines is 1. The Hall–Kier alpha value is -1.16. The van der Waals surface area contributed by atoms with E-state index >= 15 is 0 Å². The van der Waals surface area contributed by atoms with E-state index < -0.39 is 0 Å². The smallest absolute Gasteiger partial charge is 0.127 e. The lowest BCUT2D eigenvalue weighted by molar-refractivity contribution is 0.582. The van der Waals surface area contributed by atoms with Gasteiger partial charge in [0.2, 0.25) is 0 Å². The third kappa shape index (κ3) is 2.99. The number of nitrogen functional groups attached to an aromatic ring is 1. The molecule has 0 saturated carbocycles. The molecular weight excluding hydrogens is 164 g/mol. The average molecular weight is 180 g/mol. The number of nitrogens with zero attached hydrogens (tertiary/aromatic N) is 2. The number of rotatable bonds is 3. The van der Waals surface area contributed by atoms with Crippen LogP contribution in [0.25, 0.3) is 0 Å². The molecule has 0 fully saturated rings. The van der Waals surface area contributed by atoms with Gasteiger partial charge >= 0.3 is 0 Å². The second-order valence-electron chi connectivity index (χ2n) is 3.38. The predicted octanol–water partition coefficient (Wildman–Crippen LogP) is 0.505. The fourth-order valence-corrected chi connectivity index (χ4v) is 1.20. The molecule has 4 nitrogen and oxygen atoms in total. The van der Waals surface area contributed by atoms with Crippen LogP contribution in [0.5, 0.6) is 0 Å². The molecule has 4 heteroatoms. The Balaban J connectivity index is 2.77. The summed E-state index contributed by atoms with van der Waals surface area (Å²) in [5, 5.41) is 0. The normalized spacial score (nSPS) is 12.8. The van der Waals surface area contributed by atoms with Crippen molar-refractivity contribution in [1.29, 1.82) is 0 Å². The molecule has 1 rings (SSSR count). The van der Waals surface area contributed by atoms with E-state index in [2.05, 4.69) is 16.9 Å². The molecule has 0 radical (unpaired) electrons. The van der Waals surface area contributed by atoms with Gasteiger partial charge < -0.3 is 11.5 Å². The Bertz CT molecular complexity index is 265. The van der Waals surface area contributed by atoms with Crippen LogP contribution in [0, 0.1) is 12.8 Å². The van der Waals surface area contributed by atoms with E-state index in [1.165, 1.54) is 0 Å². The van der Waals surface area contributed by atoms with E-state index in [4.69, 9.17) is 11.5 Å². The standard InChI is InChI=1S/C9H16N4/c1-6(5-10)3-8-4-9(11)13-7(2)12-8/h4,6H,3,5,10H2,1-2H3,(H2,11,12,13). The molecule has 0 spiro atoms. The van der Waals surface area contributed by atoms with Crippen LogP contribution in [0.3, 0.4) is 0 Å². The molecule has 0 saturated heterocycles. The summed E-state index contributed by atoms with van der Waals surface area (Å²) in [4.78, 5) is 8.28. The highest BCUT2D eigenvalue weighted by Gasteiger charge is 2.04. The first-order valence-corrected chi connectivity index (χ1v) is 4.42. The summed E-state index contributed by atoms with van der Waals surface area (Å²) in [7, 11) is 0. The molecule has 72 valence electrons. The molecule has 1 heterocycles. The second-order valence-corrected chi connectivity index (χ2v) is 3.38. The monoisotopic (exact) mass is 180 g/mol. The molecule has 13 heavy (non-hydrogen) atoms. The minimum atomic E-state index is 0.439. The van der Waals surface area contributed by atoms with Crippen molar-refractivity contribution in [2.24, 2.45) is 11.7 Å². The van der Waals surface area contributed by atoms with Gasteiger partial charge in [-0.3, -0.25) is 0 Å². The fraction of sp³-hybridized carbons (Fsp3) is 0.556. The van der Waals surface area contributed by atoms with Crippen molar-refractivity contribution in [2.75, 3.05) is 12.3 Å². The van der Waals surface area contributed by atoms with Crippen molar-refractivity contribution in [3.63, 3.8) is 0 Å². The van der Waals surface area contributed by atoms with Gasteiger partial charge in [-0.15, -0.1) is 0 Å². The van der Waals surface area contributed by atoms with Crippen LogP contribution in [0.2, 0.25) is 0 Å². The molecule has 0 bridgehead atoms. The van der Waals surface area contributed by atoms with E-state index in [-0.39, 0.29) is 0 Å². The third-order valence-electron chi connectivity index (χ3n) is 1.87. The summed E-state index contributed by atoms with van der Waals surface area (Å²) >= 11 is 0. The zero-order chi connectivity index (χ0) is 9.84. The maximum absolute atomic E-state index is 5.59. The highest BCUT2D eigenvalue weighted by atomic mass is 14.9. The van der Waals surface area contributed by atoms with Crippen LogP contribution in [-0.4, -0.2) is 16.5 Å². The van der Waals surface area contributed by atoms with Gasteiger partial charge in [-0.1, -0.05) is 6.92 Å². The van der Waals surface area contributed by atoms with Crippen molar-refractivity contribution >= 4 is 5.82 Å². The van der Waals surface area contributed by atoms with Crippen LogP contribution in [0.1, 0.15) is 18.4 Å². The van der Waals surface area contributed by atoms with Crippen LogP contribution in [0.15, 0.2) is 6.07 Å². The van der Waals surface area contributed by atoms with Gasteiger partial charge in [-0.05, 0) is 25.8 Å². The van der Waals surface area contributed by atoms with Gasteiger partial charge in [-0.2, -0.15) is 0 Å². The fourth-order valence-electron chi connectivity index (χ4n) is 1.20. The van der Waals surface area contributed by atoms with Crippen molar-refractivity contribution in [2.45, 2.75) is 20.3 Å². The minimum absolute atomic E-state index is 0.439. The summed E-state index contributed by atoms with van der Waals surface area (Å²) in [5.41, 5.74) is 12.1. The molecule has 4 N–H and O–H groups in total. The van der Waals surface area contributed by atoms with Crippen LogP contribution in [-0.2, 0) is 6.42 Å². The SMILES string of the molecule is Cc1nc(N)cc(CC(C)CN)n1. The number of aromatic nitrogens is 2. The van der Waals surface area contributed by atoms with Gasteiger partial charge in [0.05, 0.1) is 0 Å². The first-order chi connectivity index (χ1) is 6.11. The number of hydrogen-bond donors (Lipinski definition) is 2. The number of hydrogen-bond acceptors (Lipinski definition) is 4. The summed E-state index contributed by atoms with van der Waals surface area (Å²) in [6, 6.07) is 1.80. The van der Waals surface area contributed by atoms with Crippen LogP contribution >= 0.6 is 0 Å². The largest absolute Gasteiger partial charge is 0.384 e. The molecule has 0 amide bonds. The minimum Gasteiger partial charge on any atom is -0.384 e. The van der Waals surface area contributed by atoms with E-state index in [9.17, 15) is 0 Å². The maximum Gasteiger partial charge on any atom is 0.127 e. The molecule has 0 aliphatic heterocycles. The lowest BCUT2D eigenvalue weighted by Crippen LogP contribution is -2.14. The summed E-state index contributed by atoms with van der Waals surface area (Å²) in [6.07, 6.45) is 0.865. The van der Waals surface area contributed by atoms with E-state index in [1.54, 1.807) is 6.07 Å². The third-order valence-corrected chi connectivity index (χ3v) is 1.87. The van der Waals surface area contributed by atoms with Crippen molar-refractivity contribution < 1.29 is 0 Å². The molecule has 1 unspecified atom stereocenters. The molecule has 1 aromatic rings. The van der Waals surface area contributed by atoms with Gasteiger partial charge in [0.25, 0.3) is 0 Å². The van der Waals surface area contributed by atoms with Gasteiger partial charge in [0, 0.05) is 11.8 Å². The van der Waals surface area contributed by atoms with Gasteiger partial charge in [-0.25, -0.2) is 9.97 Å². The molecule has 1 aromatic heterocycles. The Morgan fingerprint density at radius 3 is 2.69 bits per heavy atom. The van der Waals surface area contributed by atoms with Crippen LogP contribution in [0.4, 0.5) is 5.82 Å². The lowest BCUT2D eigenvalue weighted by Gasteiger charge is -2.08. The first-order valence-electron chi connectivity index (χ1n) is 4.42. The molecular formula is C9H16N4. The summed E-state index contributed by atoms with van der Waals surface area (Å²) < 4.78 is 0. The van der Waals surface area contributed by atoms with E-state index in [1.807, 2.05) is 6.92 Å². The summed E-state index contributed by atoms with van der Waals surface area (Å²) in [6.45, 7) is 4.60. The van der Waals surface area contributed by atoms with Gasteiger partial charge in [0.1, 0.15) is 11.6 Å². The molecule has 1 atom stereocenters. The zero-order valence-corrected chi connectivity index (χ0v) is 8.12. The Kier molecular flexibility index (Phi) is 3.19. The maximum atomic E-state index is 5.59. The van der Waals surface area contributed by atoms with Crippen LogP contribution < -0.4 is 11.5 Å². The topological polar surface area (TPSA) is 77.8 Å². The van der Waals surface area contributed by atoms with Crippen molar-refractivity contribution in [3.05, 3.63) is 17.6 Å². The highest BCUT2D eigenvalue weighted by Crippen LogP contribution is 2.07. The van der Waals surface area contributed by atoms with E-state index in [0.29, 0.717) is 18.3 Å². The lowest BCUT2D eigenvalue weighted by atomic mass is 10.1. The van der Waals surface area contributed by atoms with Crippen molar-refractivity contribution in [1.82, 2.24) is 9.97 Å². The van der Waals surface area contributed by atoms with Gasteiger partial charge in [0.15, 0.2) is 0 Å². The number of nitrogens with two attached hydrogens (primary N) is 2. The number of aryl methyl sites for hydroxylation is 1. The second kappa shape index (κ2) is 4.18. The molecule has 0 aliphatic rings. The first kappa shape index (κ1) is 9.92. The van der Waals surface area contributed by atoms with E-state index in [0.717, 1.165) is 17.9 Å². The van der Waals surface area contributed by atoms with Crippen molar-refractivity contribution in [3.8, 4) is 0 Å². The highest BCUT2D eigenvalue weighted by molar-refractivity contribution is 5.29. The molecule has 0 aromatic carbocycles. The molecule has 0 aliphatic carbocycles.